The van der Waals surface area contributed by atoms with Crippen molar-refractivity contribution in [2.45, 2.75) is 18.8 Å². The molecule has 1 aliphatic heterocycles. The molecule has 3 rings (SSSR count). The molecule has 1 unspecified atom stereocenters. The van der Waals surface area contributed by atoms with Crippen LogP contribution in [-0.4, -0.2) is 22.7 Å². The Balaban J connectivity index is 1.87. The molecule has 2 aromatic rings. The van der Waals surface area contributed by atoms with E-state index in [2.05, 4.69) is 20.0 Å². The third-order valence-electron chi connectivity index (χ3n) is 3.11. The molecule has 23 heavy (non-hydrogen) atoms. The number of carbonyl (C=O) groups is 1. The summed E-state index contributed by atoms with van der Waals surface area (Å²) in [5, 5.41) is 5.64. The number of halogens is 4. The molecule has 1 N–H and O–H groups in total. The van der Waals surface area contributed by atoms with Crippen molar-refractivity contribution in [3.05, 3.63) is 35.5 Å². The molecule has 6 nitrogen and oxygen atoms in total. The average molecular weight is 331 g/mol. The van der Waals surface area contributed by atoms with E-state index in [-0.39, 0.29) is 24.5 Å². The van der Waals surface area contributed by atoms with E-state index in [0.29, 0.717) is 5.56 Å². The van der Waals surface area contributed by atoms with Gasteiger partial charge in [0.1, 0.15) is 5.82 Å². The number of alkyl halides is 3. The van der Waals surface area contributed by atoms with Gasteiger partial charge in [-0.2, -0.15) is 18.2 Å². The SMILES string of the molecule is O=C1CCOC(c2ccc(-c3noc(C(F)(F)F)n3)c(F)c2)N1. The zero-order chi connectivity index (χ0) is 16.6. The molecule has 1 fully saturated rings. The molecule has 0 saturated carbocycles. The third kappa shape index (κ3) is 3.16. The number of rotatable bonds is 2. The van der Waals surface area contributed by atoms with Crippen LogP contribution < -0.4 is 5.32 Å². The average Bonchev–Trinajstić information content (AvgIpc) is 2.97. The number of nitrogens with one attached hydrogen (secondary N) is 1. The highest BCUT2D eigenvalue weighted by molar-refractivity contribution is 5.77. The Morgan fingerprint density at radius 3 is 2.70 bits per heavy atom. The topological polar surface area (TPSA) is 77.2 Å². The maximum atomic E-state index is 14.1. The molecule has 0 bridgehead atoms. The summed E-state index contributed by atoms with van der Waals surface area (Å²) in [6.45, 7) is 0.194. The smallest absolute Gasteiger partial charge is 0.354 e. The molecule has 1 aromatic heterocycles. The zero-order valence-electron chi connectivity index (χ0n) is 11.4. The minimum Gasteiger partial charge on any atom is -0.354 e. The van der Waals surface area contributed by atoms with E-state index in [4.69, 9.17) is 4.74 Å². The number of nitrogens with zero attached hydrogens (tertiary/aromatic N) is 2. The lowest BCUT2D eigenvalue weighted by Crippen LogP contribution is -2.36. The van der Waals surface area contributed by atoms with Crippen molar-refractivity contribution in [2.75, 3.05) is 6.61 Å². The third-order valence-corrected chi connectivity index (χ3v) is 3.11. The molecular formula is C13H9F4N3O3. The molecule has 1 atom stereocenters. The number of benzene rings is 1. The van der Waals surface area contributed by atoms with Crippen LogP contribution in [0, 0.1) is 5.82 Å². The molecule has 1 aromatic carbocycles. The highest BCUT2D eigenvalue weighted by Gasteiger charge is 2.38. The molecule has 0 aliphatic carbocycles. The standard InChI is InChI=1S/C13H9F4N3O3/c14-8-5-6(11-18-9(21)3-4-22-11)1-2-7(8)10-19-12(23-20-10)13(15,16)17/h1-2,5,11H,3-4H2,(H,18,21). The molecule has 1 amide bonds. The highest BCUT2D eigenvalue weighted by Crippen LogP contribution is 2.31. The van der Waals surface area contributed by atoms with Crippen molar-refractivity contribution in [1.29, 1.82) is 0 Å². The van der Waals surface area contributed by atoms with Crippen molar-refractivity contribution in [1.82, 2.24) is 15.5 Å². The predicted octanol–water partition coefficient (Wildman–Crippen LogP) is 2.43. The van der Waals surface area contributed by atoms with Crippen LogP contribution in [0.5, 0.6) is 0 Å². The Morgan fingerprint density at radius 1 is 1.30 bits per heavy atom. The number of carbonyl (C=O) groups excluding carboxylic acids is 1. The zero-order valence-corrected chi connectivity index (χ0v) is 11.4. The maximum absolute atomic E-state index is 14.1. The second-order valence-electron chi connectivity index (χ2n) is 4.73. The van der Waals surface area contributed by atoms with Crippen molar-refractivity contribution in [3.63, 3.8) is 0 Å². The first-order valence-electron chi connectivity index (χ1n) is 6.46. The molecule has 0 spiro atoms. The van der Waals surface area contributed by atoms with Gasteiger partial charge in [-0.25, -0.2) is 4.39 Å². The monoisotopic (exact) mass is 331 g/mol. The number of aromatic nitrogens is 2. The normalized spacial score (nSPS) is 18.8. The maximum Gasteiger partial charge on any atom is 0.471 e. The minimum atomic E-state index is -4.80. The van der Waals surface area contributed by atoms with Gasteiger partial charge in [-0.05, 0) is 12.1 Å². The first kappa shape index (κ1) is 15.4. The summed E-state index contributed by atoms with van der Waals surface area (Å²) in [6, 6.07) is 3.63. The molecule has 0 radical (unpaired) electrons. The lowest BCUT2D eigenvalue weighted by atomic mass is 10.1. The van der Waals surface area contributed by atoms with Gasteiger partial charge in [-0.3, -0.25) is 4.79 Å². The molecule has 1 aliphatic rings. The van der Waals surface area contributed by atoms with Crippen LogP contribution in [0.25, 0.3) is 11.4 Å². The first-order valence-corrected chi connectivity index (χ1v) is 6.46. The van der Waals surface area contributed by atoms with Gasteiger partial charge in [0.25, 0.3) is 0 Å². The first-order chi connectivity index (χ1) is 10.8. The van der Waals surface area contributed by atoms with Gasteiger partial charge in [0.15, 0.2) is 6.23 Å². The van der Waals surface area contributed by atoms with E-state index in [1.54, 1.807) is 0 Å². The van der Waals surface area contributed by atoms with E-state index in [1.165, 1.54) is 12.1 Å². The Hall–Kier alpha value is -2.49. The second-order valence-corrected chi connectivity index (χ2v) is 4.73. The summed E-state index contributed by atoms with van der Waals surface area (Å²) >= 11 is 0. The van der Waals surface area contributed by atoms with Gasteiger partial charge in [0.2, 0.25) is 11.7 Å². The largest absolute Gasteiger partial charge is 0.471 e. The lowest BCUT2D eigenvalue weighted by Gasteiger charge is -2.24. The quantitative estimate of drug-likeness (QED) is 0.855. The summed E-state index contributed by atoms with van der Waals surface area (Å²) in [7, 11) is 0. The van der Waals surface area contributed by atoms with E-state index >= 15 is 0 Å². The van der Waals surface area contributed by atoms with Gasteiger partial charge in [0.05, 0.1) is 18.6 Å². The van der Waals surface area contributed by atoms with E-state index < -0.39 is 29.9 Å². The molecule has 122 valence electrons. The fraction of sp³-hybridized carbons (Fsp3) is 0.308. The van der Waals surface area contributed by atoms with Crippen molar-refractivity contribution in [2.24, 2.45) is 0 Å². The van der Waals surface area contributed by atoms with Crippen LogP contribution in [-0.2, 0) is 15.7 Å². The van der Waals surface area contributed by atoms with Gasteiger partial charge in [-0.15, -0.1) is 0 Å². The van der Waals surface area contributed by atoms with Crippen molar-refractivity contribution < 1.29 is 31.6 Å². The Bertz CT molecular complexity index is 744. The minimum absolute atomic E-state index is 0.194. The number of ether oxygens (including phenoxy) is 1. The molecule has 10 heteroatoms. The Labute approximate surface area is 126 Å². The lowest BCUT2D eigenvalue weighted by molar-refractivity contribution is -0.159. The van der Waals surface area contributed by atoms with Crippen molar-refractivity contribution in [3.8, 4) is 11.4 Å². The second kappa shape index (κ2) is 5.61. The van der Waals surface area contributed by atoms with Crippen LogP contribution >= 0.6 is 0 Å². The van der Waals surface area contributed by atoms with Crippen LogP contribution in [0.15, 0.2) is 22.7 Å². The van der Waals surface area contributed by atoms with Crippen LogP contribution in [0.3, 0.4) is 0 Å². The summed E-state index contributed by atoms with van der Waals surface area (Å²) in [5.74, 6) is -3.17. The van der Waals surface area contributed by atoms with Crippen LogP contribution in [0.1, 0.15) is 24.1 Å². The fourth-order valence-corrected chi connectivity index (χ4v) is 2.03. The van der Waals surface area contributed by atoms with E-state index in [0.717, 1.165) is 6.07 Å². The van der Waals surface area contributed by atoms with Crippen LogP contribution in [0.4, 0.5) is 17.6 Å². The fourth-order valence-electron chi connectivity index (χ4n) is 2.03. The van der Waals surface area contributed by atoms with Crippen LogP contribution in [0.2, 0.25) is 0 Å². The van der Waals surface area contributed by atoms with Gasteiger partial charge < -0.3 is 14.6 Å². The predicted molar refractivity (Wildman–Crippen MR) is 66.1 cm³/mol. The summed E-state index contributed by atoms with van der Waals surface area (Å²) in [6.07, 6.45) is -5.40. The summed E-state index contributed by atoms with van der Waals surface area (Å²) in [4.78, 5) is 14.4. The summed E-state index contributed by atoms with van der Waals surface area (Å²) in [5.41, 5.74) is 0.0639. The number of amides is 1. The van der Waals surface area contributed by atoms with Crippen molar-refractivity contribution >= 4 is 5.91 Å². The van der Waals surface area contributed by atoms with E-state index in [1.807, 2.05) is 0 Å². The molecular weight excluding hydrogens is 322 g/mol. The van der Waals surface area contributed by atoms with Gasteiger partial charge in [0, 0.05) is 5.56 Å². The number of hydrogen-bond acceptors (Lipinski definition) is 5. The Morgan fingerprint density at radius 2 is 2.09 bits per heavy atom. The Kier molecular flexibility index (Phi) is 3.76. The molecule has 1 saturated heterocycles. The summed E-state index contributed by atoms with van der Waals surface area (Å²) < 4.78 is 60.7. The van der Waals surface area contributed by atoms with Gasteiger partial charge >= 0.3 is 12.1 Å². The number of hydrogen-bond donors (Lipinski definition) is 1. The highest BCUT2D eigenvalue weighted by atomic mass is 19.4. The molecule has 2 heterocycles. The van der Waals surface area contributed by atoms with E-state index in [9.17, 15) is 22.4 Å². The van der Waals surface area contributed by atoms with Gasteiger partial charge in [-0.1, -0.05) is 11.2 Å².